The van der Waals surface area contributed by atoms with E-state index in [-0.39, 0.29) is 0 Å². The van der Waals surface area contributed by atoms with Crippen molar-refractivity contribution in [3.05, 3.63) is 33.7 Å². The third kappa shape index (κ3) is 1.69. The van der Waals surface area contributed by atoms with Crippen LogP contribution in [-0.2, 0) is 0 Å². The highest BCUT2D eigenvalue weighted by Gasteiger charge is 2.11. The zero-order valence-corrected chi connectivity index (χ0v) is 12.6. The highest BCUT2D eigenvalue weighted by atomic mass is 32.2. The van der Waals surface area contributed by atoms with Crippen molar-refractivity contribution < 1.29 is 0 Å². The molecule has 0 radical (unpaired) electrons. The van der Waals surface area contributed by atoms with E-state index in [2.05, 4.69) is 33.7 Å². The van der Waals surface area contributed by atoms with E-state index >= 15 is 0 Å². The molecule has 17 heavy (non-hydrogen) atoms. The van der Waals surface area contributed by atoms with E-state index in [1.807, 2.05) is 57.1 Å². The van der Waals surface area contributed by atoms with Crippen LogP contribution in [0.5, 0.6) is 0 Å². The van der Waals surface area contributed by atoms with Crippen LogP contribution in [0.2, 0.25) is 0 Å². The summed E-state index contributed by atoms with van der Waals surface area (Å²) in [6, 6.07) is 4.42. The van der Waals surface area contributed by atoms with Crippen molar-refractivity contribution in [2.45, 2.75) is 9.79 Å². The molecule has 4 aromatic rings. The minimum absolute atomic E-state index is 1.41. The van der Waals surface area contributed by atoms with Crippen LogP contribution in [0.4, 0.5) is 0 Å². The van der Waals surface area contributed by atoms with Crippen LogP contribution in [0.3, 0.4) is 0 Å². The molecule has 0 bridgehead atoms. The van der Waals surface area contributed by atoms with E-state index in [9.17, 15) is 0 Å². The third-order valence-electron chi connectivity index (χ3n) is 2.51. The first kappa shape index (κ1) is 10.6. The summed E-state index contributed by atoms with van der Waals surface area (Å²) < 4.78 is 5.71. The molecular weight excluding hydrogens is 304 g/mol. The Kier molecular flexibility index (Phi) is 2.55. The Balaban J connectivity index is 1.83. The lowest BCUT2D eigenvalue weighted by atomic mass is 10.5. The van der Waals surface area contributed by atoms with E-state index < -0.39 is 0 Å². The van der Waals surface area contributed by atoms with Crippen LogP contribution in [0.25, 0.3) is 18.8 Å². The molecule has 0 spiro atoms. The van der Waals surface area contributed by atoms with E-state index in [0.717, 1.165) is 0 Å². The van der Waals surface area contributed by atoms with Crippen molar-refractivity contribution in [3.63, 3.8) is 0 Å². The Morgan fingerprint density at radius 2 is 1.24 bits per heavy atom. The number of fused-ring (bicyclic) bond motifs is 2. The molecule has 0 saturated carbocycles. The Hall–Kier alpha value is -0.330. The number of thiophene rings is 4. The number of rotatable bonds is 2. The Morgan fingerprint density at radius 1 is 0.706 bits per heavy atom. The second-order valence-corrected chi connectivity index (χ2v) is 8.27. The molecule has 0 atom stereocenters. The number of hydrogen-bond acceptors (Lipinski definition) is 5. The van der Waals surface area contributed by atoms with Gasteiger partial charge >= 0.3 is 0 Å². The van der Waals surface area contributed by atoms with Crippen LogP contribution in [0.1, 0.15) is 0 Å². The molecule has 0 amide bonds. The van der Waals surface area contributed by atoms with Gasteiger partial charge in [-0.2, -0.15) is 0 Å². The summed E-state index contributed by atoms with van der Waals surface area (Å²) in [6.07, 6.45) is 0. The second-order valence-electron chi connectivity index (χ2n) is 3.53. The van der Waals surface area contributed by atoms with Gasteiger partial charge in [-0.05, 0) is 22.9 Å². The topological polar surface area (TPSA) is 0 Å². The summed E-state index contributed by atoms with van der Waals surface area (Å²) >= 11 is 9.30. The maximum atomic E-state index is 2.28. The predicted molar refractivity (Wildman–Crippen MR) is 83.5 cm³/mol. The summed E-state index contributed by atoms with van der Waals surface area (Å²) in [4.78, 5) is 2.82. The van der Waals surface area contributed by atoms with E-state index in [0.29, 0.717) is 0 Å². The molecule has 84 valence electrons. The summed E-state index contributed by atoms with van der Waals surface area (Å²) in [7, 11) is 0. The maximum absolute atomic E-state index is 2.28. The van der Waals surface area contributed by atoms with Gasteiger partial charge in [-0.15, -0.1) is 45.3 Å². The zero-order valence-electron chi connectivity index (χ0n) is 8.51. The SMILES string of the molecule is c1cc2scc(Sc3csc4ccsc34)c2s1. The van der Waals surface area contributed by atoms with Crippen LogP contribution in [-0.4, -0.2) is 0 Å². The lowest BCUT2D eigenvalue weighted by Gasteiger charge is -1.94. The maximum Gasteiger partial charge on any atom is 0.0590 e. The molecule has 0 aliphatic heterocycles. The minimum Gasteiger partial charge on any atom is -0.142 e. The third-order valence-corrected chi connectivity index (χ3v) is 8.20. The summed E-state index contributed by atoms with van der Waals surface area (Å²) in [5, 5.41) is 8.92. The summed E-state index contributed by atoms with van der Waals surface area (Å²) in [5.41, 5.74) is 0. The Morgan fingerprint density at radius 3 is 1.76 bits per heavy atom. The standard InChI is InChI=1S/C12H6S5/c1-3-13-11-7(1)15-5-9(11)17-10-6-16-8-2-4-14-12(8)10/h1-6H. The summed E-state index contributed by atoms with van der Waals surface area (Å²) in [6.45, 7) is 0. The fraction of sp³-hybridized carbons (Fsp3) is 0. The predicted octanol–water partition coefficient (Wildman–Crippen LogP) is 6.39. The van der Waals surface area contributed by atoms with Crippen molar-refractivity contribution in [1.82, 2.24) is 0 Å². The van der Waals surface area contributed by atoms with E-state index in [1.54, 1.807) is 0 Å². The van der Waals surface area contributed by atoms with Gasteiger partial charge in [-0.1, -0.05) is 11.8 Å². The van der Waals surface area contributed by atoms with Crippen molar-refractivity contribution >= 4 is 75.9 Å². The molecule has 0 aliphatic carbocycles. The highest BCUT2D eigenvalue weighted by Crippen LogP contribution is 2.45. The molecule has 0 nitrogen and oxygen atoms in total. The molecule has 4 heterocycles. The molecular formula is C12H6S5. The van der Waals surface area contributed by atoms with Crippen LogP contribution in [0.15, 0.2) is 43.4 Å². The van der Waals surface area contributed by atoms with Gasteiger partial charge < -0.3 is 0 Å². The van der Waals surface area contributed by atoms with Gasteiger partial charge in [-0.3, -0.25) is 0 Å². The van der Waals surface area contributed by atoms with Crippen LogP contribution >= 0.6 is 57.1 Å². The molecule has 0 N–H and O–H groups in total. The monoisotopic (exact) mass is 310 g/mol. The van der Waals surface area contributed by atoms with Gasteiger partial charge in [0.25, 0.3) is 0 Å². The Labute approximate surface area is 119 Å². The highest BCUT2D eigenvalue weighted by molar-refractivity contribution is 8.00. The van der Waals surface area contributed by atoms with Crippen molar-refractivity contribution in [3.8, 4) is 0 Å². The molecule has 0 fully saturated rings. The van der Waals surface area contributed by atoms with Gasteiger partial charge in [0.15, 0.2) is 0 Å². The van der Waals surface area contributed by atoms with Crippen molar-refractivity contribution in [1.29, 1.82) is 0 Å². The summed E-state index contributed by atoms with van der Waals surface area (Å²) in [5.74, 6) is 0. The smallest absolute Gasteiger partial charge is 0.0590 e. The van der Waals surface area contributed by atoms with Crippen LogP contribution in [0, 0.1) is 0 Å². The second kappa shape index (κ2) is 4.10. The molecule has 0 saturated heterocycles. The fourth-order valence-electron chi connectivity index (χ4n) is 1.74. The molecule has 4 aromatic heterocycles. The van der Waals surface area contributed by atoms with Gasteiger partial charge in [0.2, 0.25) is 0 Å². The quantitative estimate of drug-likeness (QED) is 0.413. The average molecular weight is 311 g/mol. The van der Waals surface area contributed by atoms with Gasteiger partial charge in [0.1, 0.15) is 0 Å². The minimum atomic E-state index is 1.41. The first-order valence-electron chi connectivity index (χ1n) is 4.99. The average Bonchev–Trinajstić information content (AvgIpc) is 3.03. The molecule has 4 rings (SSSR count). The first-order valence-corrected chi connectivity index (χ1v) is 9.32. The molecule has 0 aromatic carbocycles. The van der Waals surface area contributed by atoms with E-state index in [1.165, 1.54) is 28.6 Å². The zero-order chi connectivity index (χ0) is 11.2. The van der Waals surface area contributed by atoms with E-state index in [4.69, 9.17) is 0 Å². The van der Waals surface area contributed by atoms with Crippen molar-refractivity contribution in [2.24, 2.45) is 0 Å². The van der Waals surface area contributed by atoms with Crippen LogP contribution < -0.4 is 0 Å². The lowest BCUT2D eigenvalue weighted by Crippen LogP contribution is -1.63. The van der Waals surface area contributed by atoms with Gasteiger partial charge in [-0.25, -0.2) is 0 Å². The van der Waals surface area contributed by atoms with Gasteiger partial charge in [0.05, 0.1) is 9.40 Å². The Bertz CT molecular complexity index is 715. The first-order chi connectivity index (χ1) is 8.42. The molecule has 0 unspecified atom stereocenters. The normalized spacial score (nSPS) is 11.8. The number of hydrogen-bond donors (Lipinski definition) is 0. The van der Waals surface area contributed by atoms with Crippen molar-refractivity contribution in [2.75, 3.05) is 0 Å². The fourth-order valence-corrected chi connectivity index (χ4v) is 7.45. The van der Waals surface area contributed by atoms with Gasteiger partial charge in [0, 0.05) is 30.0 Å². The largest absolute Gasteiger partial charge is 0.142 e. The lowest BCUT2D eigenvalue weighted by molar-refractivity contribution is 1.64. The molecule has 0 aliphatic rings. The molecule has 5 heteroatoms.